The van der Waals surface area contributed by atoms with Gasteiger partial charge in [-0.15, -0.1) is 0 Å². The molecule has 5 rings (SSSR count). The van der Waals surface area contributed by atoms with Crippen molar-refractivity contribution in [3.8, 4) is 11.1 Å². The Hall–Kier alpha value is -3.51. The lowest BCUT2D eigenvalue weighted by Gasteiger charge is -2.14. The molecule has 1 saturated carbocycles. The van der Waals surface area contributed by atoms with Crippen LogP contribution in [0.5, 0.6) is 0 Å². The third kappa shape index (κ3) is 4.33. The number of thiazole rings is 1. The normalized spacial score (nSPS) is 17.7. The van der Waals surface area contributed by atoms with Crippen molar-refractivity contribution in [3.05, 3.63) is 77.4 Å². The topological polar surface area (TPSA) is 79.3 Å². The van der Waals surface area contributed by atoms with Crippen molar-refractivity contribution in [1.29, 1.82) is 0 Å². The molecule has 0 bridgehead atoms. The maximum absolute atomic E-state index is 12.9. The van der Waals surface area contributed by atoms with Gasteiger partial charge in [-0.3, -0.25) is 9.59 Å². The Morgan fingerprint density at radius 3 is 2.21 bits per heavy atom. The largest absolute Gasteiger partial charge is 0.481 e. The van der Waals surface area contributed by atoms with Gasteiger partial charge in [0.1, 0.15) is 0 Å². The standard InChI is InChI=1S/C28H26N2O3S/c1-16-14-24-25(15-17(16)2)34-28(30-24)29-21-12-10-19(11-13-21)18-6-8-20(9-7-18)26(31)22-4-3-5-23(22)27(32)33/h6-15,22-23H,3-5H2,1-2H3,(H,29,30)(H,32,33)/t22-,23-/m1/s1. The molecular formula is C28H26N2O3S. The third-order valence-electron chi connectivity index (χ3n) is 6.81. The molecule has 6 heteroatoms. The molecule has 1 aromatic heterocycles. The second kappa shape index (κ2) is 9.03. The van der Waals surface area contributed by atoms with Crippen LogP contribution in [-0.4, -0.2) is 21.8 Å². The molecule has 0 saturated heterocycles. The lowest BCUT2D eigenvalue weighted by molar-refractivity contribution is -0.142. The molecule has 1 fully saturated rings. The van der Waals surface area contributed by atoms with Crippen LogP contribution in [0.3, 0.4) is 0 Å². The van der Waals surface area contributed by atoms with Crippen molar-refractivity contribution in [3.63, 3.8) is 0 Å². The number of nitrogens with zero attached hydrogens (tertiary/aromatic N) is 1. The molecule has 1 heterocycles. The van der Waals surface area contributed by atoms with Crippen molar-refractivity contribution in [1.82, 2.24) is 4.98 Å². The minimum atomic E-state index is -0.864. The molecule has 0 amide bonds. The zero-order valence-corrected chi connectivity index (χ0v) is 20.0. The molecule has 0 spiro atoms. The highest BCUT2D eigenvalue weighted by Gasteiger charge is 2.37. The summed E-state index contributed by atoms with van der Waals surface area (Å²) in [7, 11) is 0. The quantitative estimate of drug-likeness (QED) is 0.296. The molecular weight excluding hydrogens is 444 g/mol. The number of carboxylic acid groups (broad SMARTS) is 1. The second-order valence-electron chi connectivity index (χ2n) is 9.05. The number of aromatic nitrogens is 1. The highest BCUT2D eigenvalue weighted by atomic mass is 32.1. The number of anilines is 2. The fourth-order valence-electron chi connectivity index (χ4n) is 4.71. The average molecular weight is 471 g/mol. The van der Waals surface area contributed by atoms with Gasteiger partial charge in [0, 0.05) is 17.2 Å². The first-order chi connectivity index (χ1) is 16.4. The first-order valence-electron chi connectivity index (χ1n) is 11.5. The van der Waals surface area contributed by atoms with E-state index in [9.17, 15) is 14.7 Å². The Labute approximate surface area is 202 Å². The summed E-state index contributed by atoms with van der Waals surface area (Å²) in [6.45, 7) is 4.22. The van der Waals surface area contributed by atoms with Gasteiger partial charge in [0.25, 0.3) is 0 Å². The lowest BCUT2D eigenvalue weighted by Crippen LogP contribution is -2.25. The summed E-state index contributed by atoms with van der Waals surface area (Å²) in [5, 5.41) is 13.6. The number of hydrogen-bond acceptors (Lipinski definition) is 5. The molecule has 34 heavy (non-hydrogen) atoms. The number of carboxylic acids is 1. The summed E-state index contributed by atoms with van der Waals surface area (Å²) in [5.41, 5.74) is 7.12. The number of hydrogen-bond donors (Lipinski definition) is 2. The van der Waals surface area contributed by atoms with E-state index >= 15 is 0 Å². The van der Waals surface area contributed by atoms with Crippen LogP contribution in [0.4, 0.5) is 10.8 Å². The number of carbonyl (C=O) groups excluding carboxylic acids is 1. The van der Waals surface area contributed by atoms with E-state index in [1.807, 2.05) is 48.5 Å². The van der Waals surface area contributed by atoms with Crippen molar-refractivity contribution >= 4 is 44.1 Å². The highest BCUT2D eigenvalue weighted by molar-refractivity contribution is 7.22. The minimum Gasteiger partial charge on any atom is -0.481 e. The summed E-state index contributed by atoms with van der Waals surface area (Å²) >= 11 is 1.64. The molecule has 2 atom stereocenters. The predicted molar refractivity (Wildman–Crippen MR) is 137 cm³/mol. The molecule has 172 valence electrons. The summed E-state index contributed by atoms with van der Waals surface area (Å²) in [6.07, 6.45) is 2.03. The van der Waals surface area contributed by atoms with Gasteiger partial charge in [0.15, 0.2) is 10.9 Å². The SMILES string of the molecule is Cc1cc2nc(Nc3ccc(-c4ccc(C(=O)[C@@H]5CCC[C@H]5C(=O)O)cc4)cc3)sc2cc1C. The minimum absolute atomic E-state index is 0.0581. The van der Waals surface area contributed by atoms with Crippen LogP contribution in [0, 0.1) is 25.7 Å². The number of ketones is 1. The first kappa shape index (κ1) is 22.3. The van der Waals surface area contributed by atoms with Crippen LogP contribution < -0.4 is 5.32 Å². The highest BCUT2D eigenvalue weighted by Crippen LogP contribution is 2.35. The van der Waals surface area contributed by atoms with Gasteiger partial charge in [0.05, 0.1) is 16.1 Å². The summed E-state index contributed by atoms with van der Waals surface area (Å²) in [6, 6.07) is 19.9. The zero-order valence-electron chi connectivity index (χ0n) is 19.2. The molecule has 0 aliphatic heterocycles. The van der Waals surface area contributed by atoms with Gasteiger partial charge in [0.2, 0.25) is 0 Å². The Bertz CT molecular complexity index is 1330. The Kier molecular flexibility index (Phi) is 5.92. The van der Waals surface area contributed by atoms with Gasteiger partial charge >= 0.3 is 5.97 Å². The number of nitrogens with one attached hydrogen (secondary N) is 1. The van der Waals surface area contributed by atoms with E-state index in [4.69, 9.17) is 4.98 Å². The van der Waals surface area contributed by atoms with Crippen molar-refractivity contribution in [2.24, 2.45) is 11.8 Å². The van der Waals surface area contributed by atoms with Gasteiger partial charge in [-0.2, -0.15) is 0 Å². The van der Waals surface area contributed by atoms with E-state index in [0.29, 0.717) is 18.4 Å². The number of aliphatic carboxylic acids is 1. The molecule has 0 radical (unpaired) electrons. The molecule has 3 aromatic carbocycles. The number of rotatable bonds is 6. The van der Waals surface area contributed by atoms with E-state index in [1.165, 1.54) is 15.8 Å². The van der Waals surface area contributed by atoms with E-state index < -0.39 is 17.8 Å². The first-order valence-corrected chi connectivity index (χ1v) is 12.3. The monoisotopic (exact) mass is 470 g/mol. The molecule has 0 unspecified atom stereocenters. The second-order valence-corrected chi connectivity index (χ2v) is 10.1. The number of fused-ring (bicyclic) bond motifs is 1. The molecule has 2 N–H and O–H groups in total. The van der Waals surface area contributed by atoms with E-state index in [1.54, 1.807) is 11.3 Å². The Balaban J connectivity index is 1.29. The Morgan fingerprint density at radius 2 is 1.53 bits per heavy atom. The maximum Gasteiger partial charge on any atom is 0.307 e. The van der Waals surface area contributed by atoms with Crippen LogP contribution >= 0.6 is 11.3 Å². The van der Waals surface area contributed by atoms with Crippen molar-refractivity contribution < 1.29 is 14.7 Å². The van der Waals surface area contributed by atoms with E-state index in [-0.39, 0.29) is 5.78 Å². The fourth-order valence-corrected chi connectivity index (χ4v) is 5.68. The van der Waals surface area contributed by atoms with Gasteiger partial charge in [-0.1, -0.05) is 54.2 Å². The number of aryl methyl sites for hydroxylation is 2. The van der Waals surface area contributed by atoms with Crippen LogP contribution in [0.15, 0.2) is 60.7 Å². The van der Waals surface area contributed by atoms with E-state index in [0.717, 1.165) is 33.9 Å². The lowest BCUT2D eigenvalue weighted by atomic mass is 9.88. The van der Waals surface area contributed by atoms with Crippen molar-refractivity contribution in [2.45, 2.75) is 33.1 Å². The number of Topliss-reactive ketones (excluding diaryl/α,β-unsaturated/α-hetero) is 1. The Morgan fingerprint density at radius 1 is 0.912 bits per heavy atom. The zero-order chi connectivity index (χ0) is 23.8. The van der Waals surface area contributed by atoms with Gasteiger partial charge < -0.3 is 10.4 Å². The molecule has 4 aromatic rings. The van der Waals surface area contributed by atoms with Crippen molar-refractivity contribution in [2.75, 3.05) is 5.32 Å². The molecule has 1 aliphatic rings. The van der Waals surface area contributed by atoms with Crippen LogP contribution in [-0.2, 0) is 4.79 Å². The smallest absolute Gasteiger partial charge is 0.307 e. The van der Waals surface area contributed by atoms with Crippen LogP contribution in [0.1, 0.15) is 40.7 Å². The molecule has 1 aliphatic carbocycles. The van der Waals surface area contributed by atoms with Crippen LogP contribution in [0.25, 0.3) is 21.3 Å². The van der Waals surface area contributed by atoms with E-state index in [2.05, 4.69) is 31.3 Å². The maximum atomic E-state index is 12.9. The summed E-state index contributed by atoms with van der Waals surface area (Å²) in [4.78, 5) is 29.0. The van der Waals surface area contributed by atoms with Crippen LogP contribution in [0.2, 0.25) is 0 Å². The summed E-state index contributed by atoms with van der Waals surface area (Å²) < 4.78 is 1.17. The number of benzene rings is 3. The fraction of sp³-hybridized carbons (Fsp3) is 0.250. The van der Waals surface area contributed by atoms with Gasteiger partial charge in [-0.25, -0.2) is 4.98 Å². The molecule has 5 nitrogen and oxygen atoms in total. The summed E-state index contributed by atoms with van der Waals surface area (Å²) in [5.74, 6) is -1.89. The number of carbonyl (C=O) groups is 2. The van der Waals surface area contributed by atoms with Gasteiger partial charge in [-0.05, 0) is 73.2 Å². The third-order valence-corrected chi connectivity index (χ3v) is 7.75. The predicted octanol–water partition coefficient (Wildman–Crippen LogP) is 7.01. The average Bonchev–Trinajstić information content (AvgIpc) is 3.47.